The van der Waals surface area contributed by atoms with Gasteiger partial charge in [-0.05, 0) is 47.5 Å². The van der Waals surface area contributed by atoms with Gasteiger partial charge in [-0.1, -0.05) is 6.92 Å². The van der Waals surface area contributed by atoms with Crippen molar-refractivity contribution < 1.29 is 9.53 Å². The van der Waals surface area contributed by atoms with Gasteiger partial charge >= 0.3 is 6.09 Å². The molecule has 1 aliphatic rings. The van der Waals surface area contributed by atoms with Crippen LogP contribution in [0.5, 0.6) is 0 Å². The van der Waals surface area contributed by atoms with Crippen LogP contribution in [0.1, 0.15) is 71.1 Å². The molecule has 1 aromatic heterocycles. The van der Waals surface area contributed by atoms with E-state index in [1.165, 1.54) is 5.69 Å². The summed E-state index contributed by atoms with van der Waals surface area (Å²) in [5, 5.41) is 2.88. The van der Waals surface area contributed by atoms with E-state index in [2.05, 4.69) is 22.2 Å². The average molecular weight is 279 g/mol. The second-order valence-corrected chi connectivity index (χ2v) is 7.14. The van der Waals surface area contributed by atoms with E-state index in [0.29, 0.717) is 5.92 Å². The molecule has 0 saturated carbocycles. The summed E-state index contributed by atoms with van der Waals surface area (Å²) < 4.78 is 5.30. The lowest BCUT2D eigenvalue weighted by atomic mass is 10.1. The van der Waals surface area contributed by atoms with E-state index in [4.69, 9.17) is 4.74 Å². The van der Waals surface area contributed by atoms with Crippen molar-refractivity contribution in [3.8, 4) is 0 Å². The third-order valence-corrected chi connectivity index (χ3v) is 3.51. The van der Waals surface area contributed by atoms with Crippen LogP contribution in [0.4, 0.5) is 4.79 Å². The molecule has 2 rings (SSSR count). The van der Waals surface area contributed by atoms with E-state index in [0.717, 1.165) is 24.4 Å². The third kappa shape index (κ3) is 3.14. The summed E-state index contributed by atoms with van der Waals surface area (Å²) in [7, 11) is 0. The van der Waals surface area contributed by atoms with Gasteiger partial charge in [-0.25, -0.2) is 9.78 Å². The predicted octanol–water partition coefficient (Wildman–Crippen LogP) is 3.22. The number of fused-ring (bicyclic) bond motifs is 1. The monoisotopic (exact) mass is 279 g/mol. The second kappa shape index (κ2) is 4.79. The number of imidazole rings is 1. The minimum atomic E-state index is -0.577. The van der Waals surface area contributed by atoms with Crippen molar-refractivity contribution in [3.05, 3.63) is 17.2 Å². The zero-order valence-electron chi connectivity index (χ0n) is 13.3. The van der Waals surface area contributed by atoms with Crippen molar-refractivity contribution in [1.29, 1.82) is 0 Å². The third-order valence-electron chi connectivity index (χ3n) is 3.51. The van der Waals surface area contributed by atoms with Crippen LogP contribution >= 0.6 is 0 Å². The first-order chi connectivity index (χ1) is 9.08. The Kier molecular flexibility index (Phi) is 3.56. The Hall–Kier alpha value is -1.52. The molecule has 1 amide bonds. The summed E-state index contributed by atoms with van der Waals surface area (Å²) in [4.78, 5) is 19.9. The first-order valence-corrected chi connectivity index (χ1v) is 7.19. The number of alkyl carbamates (subject to hydrolysis) is 1. The number of ether oxygens (including phenoxy) is 1. The van der Waals surface area contributed by atoms with Gasteiger partial charge in [-0.15, -0.1) is 0 Å². The number of H-pyrrole nitrogens is 1. The molecule has 5 nitrogen and oxygen atoms in total. The number of carbonyl (C=O) groups is 1. The van der Waals surface area contributed by atoms with Crippen LogP contribution in [0.3, 0.4) is 0 Å². The Bertz CT molecular complexity index is 512. The Balaban J connectivity index is 2.11. The molecule has 0 aromatic carbocycles. The van der Waals surface area contributed by atoms with E-state index in [9.17, 15) is 4.79 Å². The molecule has 5 heteroatoms. The summed E-state index contributed by atoms with van der Waals surface area (Å²) in [6.07, 6.45) is 1.76. The highest BCUT2D eigenvalue weighted by Gasteiger charge is 2.32. The van der Waals surface area contributed by atoms with E-state index in [1.54, 1.807) is 0 Å². The lowest BCUT2D eigenvalue weighted by molar-refractivity contribution is 0.0466. The number of hydrogen-bond acceptors (Lipinski definition) is 3. The molecule has 0 radical (unpaired) electrons. The molecule has 0 bridgehead atoms. The molecule has 1 aliphatic carbocycles. The van der Waals surface area contributed by atoms with Crippen LogP contribution in [-0.4, -0.2) is 21.7 Å². The number of aromatic nitrogens is 2. The molecule has 0 spiro atoms. The Labute approximate surface area is 120 Å². The van der Waals surface area contributed by atoms with Gasteiger partial charge in [0, 0.05) is 11.6 Å². The van der Waals surface area contributed by atoms with Gasteiger partial charge in [0.15, 0.2) is 0 Å². The first-order valence-electron chi connectivity index (χ1n) is 7.19. The van der Waals surface area contributed by atoms with Gasteiger partial charge in [0.05, 0.1) is 11.2 Å². The molecule has 0 saturated heterocycles. The summed E-state index contributed by atoms with van der Waals surface area (Å²) >= 11 is 0. The largest absolute Gasteiger partial charge is 0.444 e. The Morgan fingerprint density at radius 3 is 2.55 bits per heavy atom. The minimum Gasteiger partial charge on any atom is -0.444 e. The molecule has 20 heavy (non-hydrogen) atoms. The van der Waals surface area contributed by atoms with Crippen LogP contribution < -0.4 is 5.32 Å². The normalized spacial score (nSPS) is 18.8. The van der Waals surface area contributed by atoms with Crippen LogP contribution in [0.2, 0.25) is 0 Å². The highest BCUT2D eigenvalue weighted by molar-refractivity contribution is 5.68. The van der Waals surface area contributed by atoms with Crippen LogP contribution in [0, 0.1) is 0 Å². The topological polar surface area (TPSA) is 67.0 Å². The number of rotatable bonds is 2. The van der Waals surface area contributed by atoms with Crippen molar-refractivity contribution in [2.24, 2.45) is 0 Å². The number of aromatic amines is 1. The van der Waals surface area contributed by atoms with Crippen LogP contribution in [0.25, 0.3) is 0 Å². The number of amides is 1. The maximum absolute atomic E-state index is 11.9. The van der Waals surface area contributed by atoms with E-state index in [-0.39, 0.29) is 0 Å². The lowest BCUT2D eigenvalue weighted by Crippen LogP contribution is -2.44. The van der Waals surface area contributed by atoms with Crippen molar-refractivity contribution in [2.45, 2.75) is 71.4 Å². The van der Waals surface area contributed by atoms with Gasteiger partial charge in [0.2, 0.25) is 0 Å². The molecule has 2 N–H and O–H groups in total. The number of hydrogen-bond donors (Lipinski definition) is 2. The quantitative estimate of drug-likeness (QED) is 0.873. The van der Waals surface area contributed by atoms with Crippen molar-refractivity contribution >= 4 is 6.09 Å². The highest BCUT2D eigenvalue weighted by Crippen LogP contribution is 2.32. The van der Waals surface area contributed by atoms with Gasteiger partial charge in [0.25, 0.3) is 0 Å². The zero-order chi connectivity index (χ0) is 15.1. The molecular formula is C15H25N3O2. The van der Waals surface area contributed by atoms with E-state index in [1.807, 2.05) is 34.6 Å². The molecule has 112 valence electrons. The summed E-state index contributed by atoms with van der Waals surface area (Å²) in [5.74, 6) is 1.28. The highest BCUT2D eigenvalue weighted by atomic mass is 16.6. The average Bonchev–Trinajstić information content (AvgIpc) is 2.77. The van der Waals surface area contributed by atoms with Crippen molar-refractivity contribution in [3.63, 3.8) is 0 Å². The number of aryl methyl sites for hydroxylation is 1. The maximum Gasteiger partial charge on any atom is 0.408 e. The van der Waals surface area contributed by atoms with Gasteiger partial charge in [0.1, 0.15) is 11.4 Å². The number of carbonyl (C=O) groups excluding carboxylic acids is 1. The van der Waals surface area contributed by atoms with E-state index >= 15 is 0 Å². The molecule has 1 unspecified atom stereocenters. The van der Waals surface area contributed by atoms with Gasteiger partial charge in [-0.2, -0.15) is 0 Å². The Morgan fingerprint density at radius 1 is 1.35 bits per heavy atom. The van der Waals surface area contributed by atoms with Crippen LogP contribution in [0.15, 0.2) is 0 Å². The summed E-state index contributed by atoms with van der Waals surface area (Å²) in [6.45, 7) is 11.6. The first kappa shape index (κ1) is 14.9. The molecule has 0 fully saturated rings. The smallest absolute Gasteiger partial charge is 0.408 e. The SMILES string of the molecule is CC1CCc2[nH]c(C(C)(C)NC(=O)OC(C)(C)C)nc21. The number of nitrogens with one attached hydrogen (secondary N) is 2. The zero-order valence-corrected chi connectivity index (χ0v) is 13.3. The lowest BCUT2D eigenvalue weighted by Gasteiger charge is -2.27. The molecule has 0 aliphatic heterocycles. The van der Waals surface area contributed by atoms with E-state index < -0.39 is 17.2 Å². The molecule has 1 aromatic rings. The molecule has 1 atom stereocenters. The fourth-order valence-corrected chi connectivity index (χ4v) is 2.43. The van der Waals surface area contributed by atoms with Gasteiger partial charge < -0.3 is 15.0 Å². The van der Waals surface area contributed by atoms with Crippen molar-refractivity contribution in [2.75, 3.05) is 0 Å². The minimum absolute atomic E-state index is 0.424. The standard InChI is InChI=1S/C15H25N3O2/c1-9-7-8-10-11(9)17-12(16-10)15(5,6)18-13(19)20-14(2,3)4/h9H,7-8H2,1-6H3,(H,16,17)(H,18,19). The fraction of sp³-hybridized carbons (Fsp3) is 0.733. The number of nitrogens with zero attached hydrogens (tertiary/aromatic N) is 1. The van der Waals surface area contributed by atoms with Crippen LogP contribution in [-0.2, 0) is 16.7 Å². The maximum atomic E-state index is 11.9. The second-order valence-electron chi connectivity index (χ2n) is 7.14. The molecule has 1 heterocycles. The van der Waals surface area contributed by atoms with Gasteiger partial charge in [-0.3, -0.25) is 0 Å². The predicted molar refractivity (Wildman–Crippen MR) is 77.7 cm³/mol. The van der Waals surface area contributed by atoms with Crippen molar-refractivity contribution in [1.82, 2.24) is 15.3 Å². The fourth-order valence-electron chi connectivity index (χ4n) is 2.43. The Morgan fingerprint density at radius 2 is 2.00 bits per heavy atom. The summed E-state index contributed by atoms with van der Waals surface area (Å²) in [5.41, 5.74) is 1.26. The summed E-state index contributed by atoms with van der Waals surface area (Å²) in [6, 6.07) is 0. The molecular weight excluding hydrogens is 254 g/mol.